The van der Waals surface area contributed by atoms with E-state index in [9.17, 15) is 4.79 Å². The number of methoxy groups -OCH3 is 1. The molecule has 30 heavy (non-hydrogen) atoms. The Morgan fingerprint density at radius 1 is 1.07 bits per heavy atom. The molecule has 2 aromatic heterocycles. The Labute approximate surface area is 178 Å². The van der Waals surface area contributed by atoms with Crippen molar-refractivity contribution in [3.05, 3.63) is 76.3 Å². The van der Waals surface area contributed by atoms with Crippen LogP contribution in [0.15, 0.2) is 54.6 Å². The maximum Gasteiger partial charge on any atom is 0.267 e. The quantitative estimate of drug-likeness (QED) is 0.477. The summed E-state index contributed by atoms with van der Waals surface area (Å²) in [5.74, 6) is 0.436. The summed E-state index contributed by atoms with van der Waals surface area (Å²) in [6, 6.07) is 17.1. The minimum Gasteiger partial charge on any atom is -0.497 e. The number of anilines is 2. The van der Waals surface area contributed by atoms with E-state index in [1.807, 2.05) is 49.4 Å². The van der Waals surface area contributed by atoms with Crippen LogP contribution in [-0.4, -0.2) is 23.2 Å². The van der Waals surface area contributed by atoms with Gasteiger partial charge in [-0.25, -0.2) is 0 Å². The molecule has 2 aromatic carbocycles. The van der Waals surface area contributed by atoms with Crippen LogP contribution in [-0.2, 0) is 0 Å². The molecule has 1 amide bonds. The van der Waals surface area contributed by atoms with Crippen molar-refractivity contribution >= 4 is 51.0 Å². The highest BCUT2D eigenvalue weighted by atomic mass is 32.1. The van der Waals surface area contributed by atoms with Gasteiger partial charge in [0.05, 0.1) is 18.5 Å². The Bertz CT molecular complexity index is 1230. The number of rotatable bonds is 5. The third-order valence-corrected chi connectivity index (χ3v) is 5.76. The molecule has 0 bridgehead atoms. The van der Waals surface area contributed by atoms with Gasteiger partial charge in [-0.2, -0.15) is 5.10 Å². The molecule has 0 atom stereocenters. The van der Waals surface area contributed by atoms with Gasteiger partial charge in [0.15, 0.2) is 0 Å². The molecule has 0 aliphatic rings. The number of aromatic nitrogens is 2. The predicted molar refractivity (Wildman–Crippen MR) is 123 cm³/mol. The van der Waals surface area contributed by atoms with E-state index in [0.29, 0.717) is 21.1 Å². The fourth-order valence-electron chi connectivity index (χ4n) is 3.10. The molecule has 0 saturated carbocycles. The molecule has 0 saturated heterocycles. The summed E-state index contributed by atoms with van der Waals surface area (Å²) in [7, 11) is 1.60. The van der Waals surface area contributed by atoms with Gasteiger partial charge in [0.1, 0.15) is 15.5 Å². The summed E-state index contributed by atoms with van der Waals surface area (Å²) in [6.45, 7) is 1.88. The van der Waals surface area contributed by atoms with Crippen LogP contribution in [0.3, 0.4) is 0 Å². The second kappa shape index (κ2) is 8.34. The topological polar surface area (TPSA) is 90.1 Å². The first-order valence-electron chi connectivity index (χ1n) is 9.30. The number of nitrogens with one attached hydrogen (secondary N) is 1. The van der Waals surface area contributed by atoms with Crippen molar-refractivity contribution in [3.63, 3.8) is 0 Å². The zero-order chi connectivity index (χ0) is 21.1. The van der Waals surface area contributed by atoms with E-state index in [1.165, 1.54) is 11.3 Å². The lowest BCUT2D eigenvalue weighted by atomic mass is 10.1. The minimum absolute atomic E-state index is 0.281. The normalized spacial score (nSPS) is 11.1. The largest absolute Gasteiger partial charge is 0.497 e. The number of thiophene rings is 1. The van der Waals surface area contributed by atoms with E-state index >= 15 is 0 Å². The summed E-state index contributed by atoms with van der Waals surface area (Å²) in [5.41, 5.74) is 10.1. The van der Waals surface area contributed by atoms with Crippen molar-refractivity contribution in [2.75, 3.05) is 18.2 Å². The molecule has 0 fully saturated rings. The Balaban J connectivity index is 1.69. The van der Waals surface area contributed by atoms with E-state index in [-0.39, 0.29) is 5.91 Å². The monoisotopic (exact) mass is 416 g/mol. The van der Waals surface area contributed by atoms with Crippen molar-refractivity contribution in [1.82, 2.24) is 10.2 Å². The summed E-state index contributed by atoms with van der Waals surface area (Å²) < 4.78 is 5.14. The molecular weight excluding hydrogens is 396 g/mol. The fourth-order valence-corrected chi connectivity index (χ4v) is 4.05. The number of nitrogen functional groups attached to an aromatic ring is 1. The molecule has 150 valence electrons. The number of carbonyl (C=O) groups excluding carboxylic acids is 1. The van der Waals surface area contributed by atoms with Gasteiger partial charge in [-0.15, -0.1) is 16.4 Å². The van der Waals surface area contributed by atoms with Gasteiger partial charge in [0.25, 0.3) is 5.91 Å². The Hall–Kier alpha value is -3.71. The maximum absolute atomic E-state index is 12.9. The number of hydrogen-bond donors (Lipinski definition) is 2. The lowest BCUT2D eigenvalue weighted by molar-refractivity contribution is 0.103. The van der Waals surface area contributed by atoms with E-state index in [1.54, 1.807) is 31.4 Å². The smallest absolute Gasteiger partial charge is 0.267 e. The minimum atomic E-state index is -0.281. The average Bonchev–Trinajstić information content (AvgIpc) is 3.11. The van der Waals surface area contributed by atoms with E-state index in [0.717, 1.165) is 28.0 Å². The molecule has 0 unspecified atom stereocenters. The van der Waals surface area contributed by atoms with Crippen molar-refractivity contribution in [3.8, 4) is 5.75 Å². The lowest BCUT2D eigenvalue weighted by Crippen LogP contribution is -2.11. The third-order valence-electron chi connectivity index (χ3n) is 4.67. The number of fused-ring (bicyclic) bond motifs is 1. The molecular formula is C23H20N4O2S. The molecule has 3 N–H and O–H groups in total. The predicted octanol–water partition coefficient (Wildman–Crippen LogP) is 5.01. The Kier molecular flexibility index (Phi) is 5.45. The van der Waals surface area contributed by atoms with Crippen LogP contribution in [0.25, 0.3) is 22.4 Å². The van der Waals surface area contributed by atoms with Crippen LogP contribution in [0.1, 0.15) is 26.5 Å². The maximum atomic E-state index is 12.9. The van der Waals surface area contributed by atoms with Crippen LogP contribution >= 0.6 is 11.3 Å². The first-order valence-corrected chi connectivity index (χ1v) is 10.1. The first kappa shape index (κ1) is 19.6. The van der Waals surface area contributed by atoms with Gasteiger partial charge in [0.2, 0.25) is 0 Å². The van der Waals surface area contributed by atoms with Crippen LogP contribution in [0, 0.1) is 6.92 Å². The SMILES string of the molecule is COc1ccc(NC(=O)c2sc3nnc(C)c(/C=C/c4ccccc4)c3c2N)cc1. The van der Waals surface area contributed by atoms with Gasteiger partial charge < -0.3 is 15.8 Å². The summed E-state index contributed by atoms with van der Waals surface area (Å²) in [6.07, 6.45) is 3.97. The molecule has 0 radical (unpaired) electrons. The number of ether oxygens (including phenoxy) is 1. The van der Waals surface area contributed by atoms with Crippen LogP contribution in [0.5, 0.6) is 5.75 Å². The van der Waals surface area contributed by atoms with Crippen LogP contribution < -0.4 is 15.8 Å². The first-order chi connectivity index (χ1) is 14.6. The van der Waals surface area contributed by atoms with Crippen LogP contribution in [0.4, 0.5) is 11.4 Å². The highest BCUT2D eigenvalue weighted by molar-refractivity contribution is 7.21. The highest BCUT2D eigenvalue weighted by Crippen LogP contribution is 2.36. The third kappa shape index (κ3) is 3.88. The number of aryl methyl sites for hydroxylation is 1. The molecule has 0 aliphatic heterocycles. The van der Waals surface area contributed by atoms with Gasteiger partial charge in [-0.3, -0.25) is 4.79 Å². The van der Waals surface area contributed by atoms with Gasteiger partial charge in [-0.05, 0) is 36.8 Å². The molecule has 4 rings (SSSR count). The molecule has 7 heteroatoms. The van der Waals surface area contributed by atoms with Gasteiger partial charge >= 0.3 is 0 Å². The van der Waals surface area contributed by atoms with Crippen molar-refractivity contribution in [1.29, 1.82) is 0 Å². The Morgan fingerprint density at radius 2 is 1.80 bits per heavy atom. The van der Waals surface area contributed by atoms with E-state index < -0.39 is 0 Å². The number of nitrogens with two attached hydrogens (primary N) is 1. The summed E-state index contributed by atoms with van der Waals surface area (Å²) >= 11 is 1.23. The zero-order valence-corrected chi connectivity index (χ0v) is 17.4. The molecule has 6 nitrogen and oxygen atoms in total. The molecule has 0 aliphatic carbocycles. The molecule has 4 aromatic rings. The summed E-state index contributed by atoms with van der Waals surface area (Å²) in [5, 5.41) is 12.1. The summed E-state index contributed by atoms with van der Waals surface area (Å²) in [4.78, 5) is 13.9. The van der Waals surface area contributed by atoms with Crippen LogP contribution in [0.2, 0.25) is 0 Å². The number of amides is 1. The lowest BCUT2D eigenvalue weighted by Gasteiger charge is -2.06. The van der Waals surface area contributed by atoms with Crippen molar-refractivity contribution in [2.24, 2.45) is 0 Å². The second-order valence-corrected chi connectivity index (χ2v) is 7.65. The van der Waals surface area contributed by atoms with Gasteiger partial charge in [-0.1, -0.05) is 42.5 Å². The fraction of sp³-hybridized carbons (Fsp3) is 0.0870. The Morgan fingerprint density at radius 3 is 2.50 bits per heavy atom. The number of nitrogens with zero attached hydrogens (tertiary/aromatic N) is 2. The number of benzene rings is 2. The number of hydrogen-bond acceptors (Lipinski definition) is 6. The number of carbonyl (C=O) groups is 1. The van der Waals surface area contributed by atoms with Gasteiger partial charge in [0, 0.05) is 16.6 Å². The molecule has 2 heterocycles. The molecule has 0 spiro atoms. The zero-order valence-electron chi connectivity index (χ0n) is 16.5. The average molecular weight is 417 g/mol. The second-order valence-electron chi connectivity index (χ2n) is 6.65. The van der Waals surface area contributed by atoms with Crippen molar-refractivity contribution < 1.29 is 9.53 Å². The highest BCUT2D eigenvalue weighted by Gasteiger charge is 2.20. The standard InChI is InChI=1S/C23H20N4O2S/c1-14-18(13-8-15-6-4-3-5-7-15)19-20(24)21(30-23(19)27-26-14)22(28)25-16-9-11-17(29-2)12-10-16/h3-13H,24H2,1-2H3,(H,25,28)/b13-8+. The van der Waals surface area contributed by atoms with E-state index in [2.05, 4.69) is 15.5 Å². The van der Waals surface area contributed by atoms with E-state index in [4.69, 9.17) is 10.5 Å². The van der Waals surface area contributed by atoms with Crippen molar-refractivity contribution in [2.45, 2.75) is 6.92 Å².